The molecule has 4 atom stereocenters. The van der Waals surface area contributed by atoms with Gasteiger partial charge in [-0.3, -0.25) is 10.1 Å². The lowest BCUT2D eigenvalue weighted by atomic mass is 9.85. The summed E-state index contributed by atoms with van der Waals surface area (Å²) in [5.74, 6) is 1.84. The van der Waals surface area contributed by atoms with Crippen molar-refractivity contribution in [1.29, 1.82) is 0 Å². The predicted octanol–water partition coefficient (Wildman–Crippen LogP) is 2.90. The van der Waals surface area contributed by atoms with Crippen molar-refractivity contribution in [1.82, 2.24) is 10.2 Å². The number of nitrogens with zero attached hydrogens (tertiary/aromatic N) is 1. The molecule has 19 heavy (non-hydrogen) atoms. The molecule has 0 aromatic rings. The summed E-state index contributed by atoms with van der Waals surface area (Å²) < 4.78 is 0. The minimum absolute atomic E-state index is 0.0304. The van der Waals surface area contributed by atoms with E-state index >= 15 is 0 Å². The zero-order chi connectivity index (χ0) is 13.4. The summed E-state index contributed by atoms with van der Waals surface area (Å²) >= 11 is 0. The van der Waals surface area contributed by atoms with Crippen molar-refractivity contribution in [2.75, 3.05) is 0 Å². The number of amides is 1. The highest BCUT2D eigenvalue weighted by Crippen LogP contribution is 2.36. The number of carbonyl (C=O) groups excluding carboxylic acids is 1. The first-order valence-corrected chi connectivity index (χ1v) is 8.25. The third-order valence-corrected chi connectivity index (χ3v) is 5.49. The van der Waals surface area contributed by atoms with Gasteiger partial charge in [0.1, 0.15) is 0 Å². The maximum absolute atomic E-state index is 12.5. The molecule has 0 aromatic heterocycles. The molecular formula is C16H28N2O. The Kier molecular flexibility index (Phi) is 3.84. The molecule has 1 N–H and O–H groups in total. The molecule has 0 bridgehead atoms. The van der Waals surface area contributed by atoms with E-state index < -0.39 is 0 Å². The topological polar surface area (TPSA) is 32.3 Å². The number of hydrogen-bond acceptors (Lipinski definition) is 2. The largest absolute Gasteiger partial charge is 0.323 e. The maximum Gasteiger partial charge on any atom is 0.240 e. The van der Waals surface area contributed by atoms with E-state index in [9.17, 15) is 4.79 Å². The Labute approximate surface area is 117 Å². The Morgan fingerprint density at radius 1 is 1.05 bits per heavy atom. The summed E-state index contributed by atoms with van der Waals surface area (Å²) in [6.07, 6.45) is 10.7. The van der Waals surface area contributed by atoms with E-state index in [1.54, 1.807) is 0 Å². The van der Waals surface area contributed by atoms with Gasteiger partial charge in [0.15, 0.2) is 0 Å². The molecule has 3 nitrogen and oxygen atoms in total. The SMILES string of the molecule is CC1CCCC(N2C(=O)C(C)NC2C2CCCC2)C1. The predicted molar refractivity (Wildman–Crippen MR) is 76.6 cm³/mol. The monoisotopic (exact) mass is 264 g/mol. The van der Waals surface area contributed by atoms with Gasteiger partial charge >= 0.3 is 0 Å². The van der Waals surface area contributed by atoms with Crippen LogP contribution in [0.3, 0.4) is 0 Å². The minimum atomic E-state index is 0.0304. The van der Waals surface area contributed by atoms with Gasteiger partial charge in [-0.05, 0) is 44.4 Å². The maximum atomic E-state index is 12.5. The Balaban J connectivity index is 1.76. The number of carbonyl (C=O) groups is 1. The van der Waals surface area contributed by atoms with Crippen LogP contribution in [0.2, 0.25) is 0 Å². The molecule has 2 aliphatic carbocycles. The standard InChI is InChI=1S/C16H28N2O/c1-11-6-5-9-14(10-11)18-15(13-7-3-4-8-13)17-12(2)16(18)19/h11-15,17H,3-10H2,1-2H3. The van der Waals surface area contributed by atoms with Crippen molar-refractivity contribution in [3.63, 3.8) is 0 Å². The van der Waals surface area contributed by atoms with Gasteiger partial charge in [-0.25, -0.2) is 0 Å². The minimum Gasteiger partial charge on any atom is -0.323 e. The molecule has 3 fully saturated rings. The van der Waals surface area contributed by atoms with Gasteiger partial charge in [0.2, 0.25) is 5.91 Å². The van der Waals surface area contributed by atoms with E-state index in [1.807, 2.05) is 6.92 Å². The van der Waals surface area contributed by atoms with Crippen molar-refractivity contribution >= 4 is 5.91 Å². The molecule has 0 spiro atoms. The van der Waals surface area contributed by atoms with E-state index in [4.69, 9.17) is 0 Å². The molecule has 1 aliphatic heterocycles. The molecule has 3 heteroatoms. The van der Waals surface area contributed by atoms with Gasteiger partial charge in [0.25, 0.3) is 0 Å². The van der Waals surface area contributed by atoms with Gasteiger partial charge in [-0.2, -0.15) is 0 Å². The molecule has 1 saturated heterocycles. The molecule has 2 saturated carbocycles. The summed E-state index contributed by atoms with van der Waals surface area (Å²) in [6.45, 7) is 4.38. The van der Waals surface area contributed by atoms with Gasteiger partial charge in [0, 0.05) is 6.04 Å². The number of nitrogens with one attached hydrogen (secondary N) is 1. The fourth-order valence-electron chi connectivity index (χ4n) is 4.47. The van der Waals surface area contributed by atoms with E-state index in [0.29, 0.717) is 24.0 Å². The van der Waals surface area contributed by atoms with E-state index in [2.05, 4.69) is 17.1 Å². The second kappa shape index (κ2) is 5.43. The summed E-state index contributed by atoms with van der Waals surface area (Å²) in [6, 6.07) is 0.530. The highest BCUT2D eigenvalue weighted by molar-refractivity contribution is 5.84. The molecule has 3 rings (SSSR count). The first-order chi connectivity index (χ1) is 9.16. The molecule has 3 aliphatic rings. The highest BCUT2D eigenvalue weighted by atomic mass is 16.2. The lowest BCUT2D eigenvalue weighted by Gasteiger charge is -2.39. The molecule has 0 aromatic carbocycles. The van der Waals surface area contributed by atoms with Crippen LogP contribution in [-0.2, 0) is 4.79 Å². The fourth-order valence-corrected chi connectivity index (χ4v) is 4.47. The van der Waals surface area contributed by atoms with Gasteiger partial charge in [-0.15, -0.1) is 0 Å². The molecular weight excluding hydrogens is 236 g/mol. The van der Waals surface area contributed by atoms with Crippen LogP contribution in [0.4, 0.5) is 0 Å². The van der Waals surface area contributed by atoms with Crippen molar-refractivity contribution < 1.29 is 4.79 Å². The lowest BCUT2D eigenvalue weighted by Crippen LogP contribution is -2.49. The Morgan fingerprint density at radius 2 is 1.79 bits per heavy atom. The zero-order valence-electron chi connectivity index (χ0n) is 12.4. The van der Waals surface area contributed by atoms with Crippen molar-refractivity contribution in [3.05, 3.63) is 0 Å². The quantitative estimate of drug-likeness (QED) is 0.831. The van der Waals surface area contributed by atoms with Crippen LogP contribution in [0.25, 0.3) is 0 Å². The lowest BCUT2D eigenvalue weighted by molar-refractivity contribution is -0.133. The third-order valence-electron chi connectivity index (χ3n) is 5.49. The van der Waals surface area contributed by atoms with Crippen LogP contribution in [0, 0.1) is 11.8 Å². The zero-order valence-corrected chi connectivity index (χ0v) is 12.4. The van der Waals surface area contributed by atoms with Crippen LogP contribution in [0.1, 0.15) is 65.2 Å². The second-order valence-corrected chi connectivity index (χ2v) is 7.05. The molecule has 0 radical (unpaired) electrons. The van der Waals surface area contributed by atoms with E-state index in [1.165, 1.54) is 51.4 Å². The Hall–Kier alpha value is -0.570. The highest BCUT2D eigenvalue weighted by Gasteiger charge is 2.44. The number of rotatable bonds is 2. The average Bonchev–Trinajstić information content (AvgIpc) is 2.99. The molecule has 108 valence electrons. The van der Waals surface area contributed by atoms with Crippen molar-refractivity contribution in [2.45, 2.75) is 83.5 Å². The second-order valence-electron chi connectivity index (χ2n) is 7.05. The van der Waals surface area contributed by atoms with Crippen LogP contribution in [-0.4, -0.2) is 29.1 Å². The summed E-state index contributed by atoms with van der Waals surface area (Å²) in [5.41, 5.74) is 0. The third kappa shape index (κ3) is 2.54. The van der Waals surface area contributed by atoms with E-state index in [0.717, 1.165) is 5.92 Å². The average molecular weight is 264 g/mol. The smallest absolute Gasteiger partial charge is 0.240 e. The van der Waals surface area contributed by atoms with Crippen LogP contribution < -0.4 is 5.32 Å². The van der Waals surface area contributed by atoms with Crippen LogP contribution >= 0.6 is 0 Å². The normalized spacial score (nSPS) is 41.2. The number of hydrogen-bond donors (Lipinski definition) is 1. The Morgan fingerprint density at radius 3 is 2.47 bits per heavy atom. The van der Waals surface area contributed by atoms with Crippen molar-refractivity contribution in [3.8, 4) is 0 Å². The molecule has 1 heterocycles. The molecule has 1 amide bonds. The van der Waals surface area contributed by atoms with Gasteiger partial charge < -0.3 is 4.90 Å². The van der Waals surface area contributed by atoms with Crippen molar-refractivity contribution in [2.24, 2.45) is 11.8 Å². The first-order valence-electron chi connectivity index (χ1n) is 8.25. The van der Waals surface area contributed by atoms with Crippen LogP contribution in [0.5, 0.6) is 0 Å². The summed E-state index contributed by atoms with van der Waals surface area (Å²) in [7, 11) is 0. The van der Waals surface area contributed by atoms with Gasteiger partial charge in [-0.1, -0.05) is 32.6 Å². The van der Waals surface area contributed by atoms with Crippen LogP contribution in [0.15, 0.2) is 0 Å². The first kappa shape index (κ1) is 13.4. The van der Waals surface area contributed by atoms with E-state index in [-0.39, 0.29) is 6.04 Å². The summed E-state index contributed by atoms with van der Waals surface area (Å²) in [5, 5.41) is 3.58. The fraction of sp³-hybridized carbons (Fsp3) is 0.938. The Bertz CT molecular complexity index is 338. The molecule has 4 unspecified atom stereocenters. The van der Waals surface area contributed by atoms with Gasteiger partial charge in [0.05, 0.1) is 12.2 Å². The summed E-state index contributed by atoms with van der Waals surface area (Å²) in [4.78, 5) is 14.8.